The fourth-order valence-electron chi connectivity index (χ4n) is 3.95. The Labute approximate surface area is 167 Å². The van der Waals surface area contributed by atoms with Crippen LogP contribution in [0.15, 0.2) is 36.8 Å². The average molecular weight is 384 g/mol. The lowest BCUT2D eigenvalue weighted by atomic mass is 9.86. The van der Waals surface area contributed by atoms with Crippen molar-refractivity contribution in [3.05, 3.63) is 42.4 Å². The van der Waals surface area contributed by atoms with Crippen LogP contribution in [0.4, 0.5) is 5.82 Å². The molecule has 6 heteroatoms. The first-order chi connectivity index (χ1) is 13.6. The molecule has 0 saturated heterocycles. The van der Waals surface area contributed by atoms with Crippen LogP contribution >= 0.6 is 0 Å². The van der Waals surface area contributed by atoms with Crippen LogP contribution in [0.2, 0.25) is 0 Å². The van der Waals surface area contributed by atoms with Gasteiger partial charge in [0.2, 0.25) is 5.91 Å². The Bertz CT molecular complexity index is 772. The number of nitrogens with one attached hydrogen (secondary N) is 2. The number of nitrogens with zero attached hydrogens (tertiary/aromatic N) is 2. The van der Waals surface area contributed by atoms with Gasteiger partial charge in [0.1, 0.15) is 6.33 Å². The molecule has 3 atom stereocenters. The van der Waals surface area contributed by atoms with Gasteiger partial charge in [-0.05, 0) is 36.8 Å². The van der Waals surface area contributed by atoms with E-state index in [4.69, 9.17) is 5.73 Å². The Morgan fingerprint density at radius 2 is 2.11 bits per heavy atom. The molecule has 6 nitrogen and oxygen atoms in total. The van der Waals surface area contributed by atoms with Crippen molar-refractivity contribution in [3.8, 4) is 5.69 Å². The molecule has 3 rings (SSSR count). The number of anilines is 1. The SMILES string of the molecule is CCCC(N)C(=O)Nc1cn(-c2ccccc2CNC2CCCCC2C)cn1. The molecule has 152 valence electrons. The molecule has 1 amide bonds. The number of imidazole rings is 1. The topological polar surface area (TPSA) is 85.0 Å². The number of hydrogen-bond donors (Lipinski definition) is 3. The number of rotatable bonds is 8. The number of para-hydroxylation sites is 1. The summed E-state index contributed by atoms with van der Waals surface area (Å²) < 4.78 is 1.96. The number of carbonyl (C=O) groups is 1. The number of amides is 1. The Morgan fingerprint density at radius 1 is 1.32 bits per heavy atom. The number of carbonyl (C=O) groups excluding carboxylic acids is 1. The number of nitrogens with two attached hydrogens (primary N) is 1. The lowest BCUT2D eigenvalue weighted by molar-refractivity contribution is -0.117. The maximum absolute atomic E-state index is 12.1. The average Bonchev–Trinajstić information content (AvgIpc) is 3.16. The molecule has 0 bridgehead atoms. The van der Waals surface area contributed by atoms with Crippen LogP contribution in [0.3, 0.4) is 0 Å². The van der Waals surface area contributed by atoms with Crippen molar-refractivity contribution in [1.29, 1.82) is 0 Å². The van der Waals surface area contributed by atoms with Gasteiger partial charge in [0.05, 0.1) is 17.9 Å². The number of benzene rings is 1. The van der Waals surface area contributed by atoms with Crippen molar-refractivity contribution in [2.45, 2.75) is 71.0 Å². The van der Waals surface area contributed by atoms with Crippen LogP contribution in [0, 0.1) is 5.92 Å². The third-order valence-corrected chi connectivity index (χ3v) is 5.71. The Morgan fingerprint density at radius 3 is 2.89 bits per heavy atom. The standard InChI is InChI=1S/C22H33N5O/c1-3-8-18(23)22(28)26-21-14-27(15-25-21)20-12-7-5-10-17(20)13-24-19-11-6-4-9-16(19)2/h5,7,10,12,14-16,18-19,24H,3-4,6,8-9,11,13,23H2,1-2H3,(H,26,28). The minimum Gasteiger partial charge on any atom is -0.320 e. The van der Waals surface area contributed by atoms with Crippen LogP contribution in [0.5, 0.6) is 0 Å². The second-order valence-electron chi connectivity index (χ2n) is 7.93. The summed E-state index contributed by atoms with van der Waals surface area (Å²) in [5.74, 6) is 1.07. The highest BCUT2D eigenvalue weighted by molar-refractivity contribution is 5.93. The summed E-state index contributed by atoms with van der Waals surface area (Å²) in [4.78, 5) is 16.5. The molecule has 1 aromatic heterocycles. The molecule has 1 aliphatic rings. The van der Waals surface area contributed by atoms with Crippen LogP contribution < -0.4 is 16.4 Å². The zero-order valence-corrected chi connectivity index (χ0v) is 17.0. The highest BCUT2D eigenvalue weighted by atomic mass is 16.2. The molecule has 1 heterocycles. The van der Waals surface area contributed by atoms with Crippen molar-refractivity contribution >= 4 is 11.7 Å². The zero-order chi connectivity index (χ0) is 19.9. The minimum absolute atomic E-state index is 0.187. The minimum atomic E-state index is -0.496. The quantitative estimate of drug-likeness (QED) is 0.650. The monoisotopic (exact) mass is 383 g/mol. The van der Waals surface area contributed by atoms with E-state index in [1.54, 1.807) is 6.33 Å². The summed E-state index contributed by atoms with van der Waals surface area (Å²) in [6, 6.07) is 8.40. The molecule has 1 aromatic carbocycles. The van der Waals surface area contributed by atoms with Crippen LogP contribution in [-0.2, 0) is 11.3 Å². The van der Waals surface area contributed by atoms with Gasteiger partial charge in [-0.3, -0.25) is 4.79 Å². The van der Waals surface area contributed by atoms with Crippen molar-refractivity contribution in [2.75, 3.05) is 5.32 Å². The van der Waals surface area contributed by atoms with Crippen molar-refractivity contribution in [1.82, 2.24) is 14.9 Å². The summed E-state index contributed by atoms with van der Waals surface area (Å²) in [7, 11) is 0. The fraction of sp³-hybridized carbons (Fsp3) is 0.545. The normalized spacial score (nSPS) is 20.7. The van der Waals surface area contributed by atoms with Gasteiger partial charge in [-0.15, -0.1) is 0 Å². The van der Waals surface area contributed by atoms with Crippen molar-refractivity contribution in [3.63, 3.8) is 0 Å². The summed E-state index contributed by atoms with van der Waals surface area (Å²) in [6.45, 7) is 5.18. The first-order valence-corrected chi connectivity index (χ1v) is 10.5. The molecule has 4 N–H and O–H groups in total. The van der Waals surface area contributed by atoms with Gasteiger partial charge in [-0.1, -0.05) is 51.3 Å². The second kappa shape index (κ2) is 9.85. The first kappa shape index (κ1) is 20.6. The lowest BCUT2D eigenvalue weighted by Crippen LogP contribution is -2.36. The van der Waals surface area contributed by atoms with E-state index in [0.29, 0.717) is 18.3 Å². The van der Waals surface area contributed by atoms with Gasteiger partial charge >= 0.3 is 0 Å². The number of aromatic nitrogens is 2. The Balaban J connectivity index is 1.67. The molecule has 0 spiro atoms. The highest BCUT2D eigenvalue weighted by Gasteiger charge is 2.21. The summed E-state index contributed by atoms with van der Waals surface area (Å²) in [5.41, 5.74) is 8.18. The summed E-state index contributed by atoms with van der Waals surface area (Å²) in [6.07, 6.45) is 10.4. The van der Waals surface area contributed by atoms with Gasteiger partial charge in [0, 0.05) is 12.6 Å². The molecular formula is C22H33N5O. The van der Waals surface area contributed by atoms with E-state index in [0.717, 1.165) is 24.6 Å². The molecule has 1 saturated carbocycles. The summed E-state index contributed by atoms with van der Waals surface area (Å²) in [5, 5.41) is 6.56. The van der Waals surface area contributed by atoms with Gasteiger partial charge in [-0.25, -0.2) is 4.98 Å². The summed E-state index contributed by atoms with van der Waals surface area (Å²) >= 11 is 0. The molecule has 1 aliphatic carbocycles. The van der Waals surface area contributed by atoms with Gasteiger partial charge in [-0.2, -0.15) is 0 Å². The predicted molar refractivity (Wildman–Crippen MR) is 113 cm³/mol. The lowest BCUT2D eigenvalue weighted by Gasteiger charge is -2.30. The molecule has 1 fully saturated rings. The third-order valence-electron chi connectivity index (χ3n) is 5.71. The van der Waals surface area contributed by atoms with E-state index in [-0.39, 0.29) is 5.91 Å². The first-order valence-electron chi connectivity index (χ1n) is 10.5. The largest absolute Gasteiger partial charge is 0.320 e. The molecule has 2 aromatic rings. The smallest absolute Gasteiger partial charge is 0.242 e. The van der Waals surface area contributed by atoms with Crippen molar-refractivity contribution < 1.29 is 4.79 Å². The zero-order valence-electron chi connectivity index (χ0n) is 17.0. The predicted octanol–water partition coefficient (Wildman–Crippen LogP) is 3.61. The van der Waals surface area contributed by atoms with E-state index in [1.165, 1.54) is 31.2 Å². The Kier molecular flexibility index (Phi) is 7.23. The molecular weight excluding hydrogens is 350 g/mol. The Hall–Kier alpha value is -2.18. The van der Waals surface area contributed by atoms with E-state index >= 15 is 0 Å². The van der Waals surface area contributed by atoms with E-state index in [9.17, 15) is 4.79 Å². The van der Waals surface area contributed by atoms with E-state index in [2.05, 4.69) is 40.7 Å². The highest BCUT2D eigenvalue weighted by Crippen LogP contribution is 2.24. The van der Waals surface area contributed by atoms with E-state index < -0.39 is 6.04 Å². The molecule has 0 aliphatic heterocycles. The van der Waals surface area contributed by atoms with Gasteiger partial charge < -0.3 is 20.9 Å². The maximum Gasteiger partial charge on any atom is 0.242 e. The van der Waals surface area contributed by atoms with Crippen molar-refractivity contribution in [2.24, 2.45) is 11.7 Å². The van der Waals surface area contributed by atoms with Gasteiger partial charge in [0.25, 0.3) is 0 Å². The number of hydrogen-bond acceptors (Lipinski definition) is 4. The van der Waals surface area contributed by atoms with Crippen LogP contribution in [0.1, 0.15) is 57.9 Å². The molecule has 0 radical (unpaired) electrons. The second-order valence-corrected chi connectivity index (χ2v) is 7.93. The van der Waals surface area contributed by atoms with Gasteiger partial charge in [0.15, 0.2) is 5.82 Å². The fourth-order valence-corrected chi connectivity index (χ4v) is 3.95. The van der Waals surface area contributed by atoms with Crippen LogP contribution in [0.25, 0.3) is 5.69 Å². The molecule has 3 unspecified atom stereocenters. The third kappa shape index (κ3) is 5.20. The molecule has 28 heavy (non-hydrogen) atoms. The van der Waals surface area contributed by atoms with E-state index in [1.807, 2.05) is 23.8 Å². The van der Waals surface area contributed by atoms with Crippen LogP contribution in [-0.4, -0.2) is 27.5 Å². The maximum atomic E-state index is 12.1.